The number of amides is 1. The number of alkyl halides is 5. The summed E-state index contributed by atoms with van der Waals surface area (Å²) in [4.78, 5) is 32.1. The fourth-order valence-electron chi connectivity index (χ4n) is 0.955. The minimum atomic E-state index is -6.03. The highest BCUT2D eigenvalue weighted by molar-refractivity contribution is 5.93. The van der Waals surface area contributed by atoms with Crippen molar-refractivity contribution in [2.45, 2.75) is 25.4 Å². The van der Waals surface area contributed by atoms with E-state index in [4.69, 9.17) is 0 Å². The van der Waals surface area contributed by atoms with Crippen LogP contribution in [0.2, 0.25) is 0 Å². The lowest BCUT2D eigenvalue weighted by molar-refractivity contribution is -0.268. The maximum absolute atomic E-state index is 12.6. The fraction of sp³-hybridized carbons (Fsp3) is 0.500. The van der Waals surface area contributed by atoms with Crippen LogP contribution in [0.4, 0.5) is 22.0 Å². The van der Waals surface area contributed by atoms with Crippen molar-refractivity contribution in [3.8, 4) is 0 Å². The number of ketones is 1. The number of ether oxygens (including phenoxy) is 1. The molecule has 0 aromatic heterocycles. The Kier molecular flexibility index (Phi) is 6.27. The van der Waals surface area contributed by atoms with Crippen LogP contribution >= 0.6 is 0 Å². The van der Waals surface area contributed by atoms with E-state index in [1.807, 2.05) is 0 Å². The second kappa shape index (κ2) is 6.96. The number of allylic oxidation sites excluding steroid dienone is 1. The number of halogens is 5. The first kappa shape index (κ1) is 18.0. The highest BCUT2D eigenvalue weighted by Gasteiger charge is 2.62. The molecule has 5 nitrogen and oxygen atoms in total. The largest absolute Gasteiger partial charge is 0.461 e. The summed E-state index contributed by atoms with van der Waals surface area (Å²) in [5.41, 5.74) is -0.701. The monoisotopic (exact) mass is 303 g/mol. The van der Waals surface area contributed by atoms with E-state index >= 15 is 0 Å². The first-order chi connectivity index (χ1) is 9.07. The first-order valence-electron chi connectivity index (χ1n) is 5.13. The molecule has 0 saturated carbocycles. The fourth-order valence-corrected chi connectivity index (χ4v) is 0.955. The summed E-state index contributed by atoms with van der Waals surface area (Å²) in [6.07, 6.45) is -7.02. The smallest absolute Gasteiger partial charge is 0.461 e. The Hall–Kier alpha value is -2.00. The zero-order valence-corrected chi connectivity index (χ0v) is 10.1. The molecule has 0 heterocycles. The van der Waals surface area contributed by atoms with E-state index in [2.05, 4.69) is 4.74 Å². The molecule has 0 bridgehead atoms. The molecule has 10 heteroatoms. The van der Waals surface area contributed by atoms with Gasteiger partial charge in [-0.3, -0.25) is 9.59 Å². The van der Waals surface area contributed by atoms with Gasteiger partial charge >= 0.3 is 18.1 Å². The maximum atomic E-state index is 12.6. The van der Waals surface area contributed by atoms with Crippen LogP contribution in [0, 0.1) is 0 Å². The molecule has 0 rings (SSSR count). The third-order valence-electron chi connectivity index (χ3n) is 1.91. The summed E-state index contributed by atoms with van der Waals surface area (Å²) in [7, 11) is 0. The van der Waals surface area contributed by atoms with Crippen LogP contribution < -0.4 is 5.32 Å². The predicted molar refractivity (Wildman–Crippen MR) is 54.5 cm³/mol. The van der Waals surface area contributed by atoms with E-state index in [1.165, 1.54) is 6.92 Å². The van der Waals surface area contributed by atoms with Crippen LogP contribution in [-0.2, 0) is 19.1 Å². The van der Waals surface area contributed by atoms with Gasteiger partial charge in [-0.25, -0.2) is 4.79 Å². The highest BCUT2D eigenvalue weighted by atomic mass is 19.4. The summed E-state index contributed by atoms with van der Waals surface area (Å²) < 4.78 is 65.2. The van der Waals surface area contributed by atoms with Gasteiger partial charge in [-0.15, -0.1) is 0 Å². The first-order valence-corrected chi connectivity index (χ1v) is 5.13. The number of nitrogens with one attached hydrogen (secondary N) is 1. The molecular weight excluding hydrogens is 293 g/mol. The molecule has 1 amide bonds. The second-order valence-electron chi connectivity index (χ2n) is 3.30. The number of hydrogen-bond donors (Lipinski definition) is 1. The lowest BCUT2D eigenvalue weighted by Gasteiger charge is -2.17. The molecule has 20 heavy (non-hydrogen) atoms. The predicted octanol–water partition coefficient (Wildman–Crippen LogP) is 1.34. The van der Waals surface area contributed by atoms with Crippen molar-refractivity contribution in [3.05, 3.63) is 11.8 Å². The highest BCUT2D eigenvalue weighted by Crippen LogP contribution is 2.36. The van der Waals surface area contributed by atoms with Gasteiger partial charge in [0.25, 0.3) is 0 Å². The molecule has 0 fully saturated rings. The van der Waals surface area contributed by atoms with E-state index in [9.17, 15) is 36.3 Å². The van der Waals surface area contributed by atoms with Gasteiger partial charge in [0.15, 0.2) is 0 Å². The van der Waals surface area contributed by atoms with Gasteiger partial charge in [0.05, 0.1) is 6.61 Å². The molecule has 0 aliphatic carbocycles. The quantitative estimate of drug-likeness (QED) is 0.333. The van der Waals surface area contributed by atoms with Crippen LogP contribution in [-0.4, -0.2) is 36.9 Å². The van der Waals surface area contributed by atoms with Crippen molar-refractivity contribution in [1.29, 1.82) is 0 Å². The SMILES string of the molecule is CCOC(=O)/C(=C/CC(=O)C(F)(F)C(F)(F)F)NC=O. The Bertz CT molecular complexity index is 416. The van der Waals surface area contributed by atoms with Crippen molar-refractivity contribution in [2.75, 3.05) is 6.61 Å². The third kappa shape index (κ3) is 4.59. The second-order valence-corrected chi connectivity index (χ2v) is 3.30. The summed E-state index contributed by atoms with van der Waals surface area (Å²) in [5.74, 6) is -9.16. The zero-order chi connectivity index (χ0) is 16.0. The Balaban J connectivity index is 5.00. The van der Waals surface area contributed by atoms with Crippen LogP contribution in [0.5, 0.6) is 0 Å². The van der Waals surface area contributed by atoms with Gasteiger partial charge in [-0.05, 0) is 13.0 Å². The molecular formula is C10H10F5NO4. The Morgan fingerprint density at radius 3 is 2.15 bits per heavy atom. The van der Waals surface area contributed by atoms with E-state index < -0.39 is 36.0 Å². The van der Waals surface area contributed by atoms with Crippen molar-refractivity contribution in [1.82, 2.24) is 5.32 Å². The standard InChI is InChI=1S/C10H10F5NO4/c1-2-20-8(19)6(16-5-17)3-4-7(18)9(11,12)10(13,14)15/h3,5H,2,4H2,1H3,(H,16,17)/b6-3-. The van der Waals surface area contributed by atoms with Gasteiger partial charge in [-0.2, -0.15) is 22.0 Å². The van der Waals surface area contributed by atoms with Crippen LogP contribution in [0.25, 0.3) is 0 Å². The van der Waals surface area contributed by atoms with Crippen molar-refractivity contribution in [2.24, 2.45) is 0 Å². The number of hydrogen-bond acceptors (Lipinski definition) is 4. The van der Waals surface area contributed by atoms with Gasteiger partial charge in [-0.1, -0.05) is 0 Å². The molecule has 0 saturated heterocycles. The zero-order valence-electron chi connectivity index (χ0n) is 10.1. The van der Waals surface area contributed by atoms with Gasteiger partial charge in [0, 0.05) is 6.42 Å². The molecule has 0 aromatic carbocycles. The van der Waals surface area contributed by atoms with Crippen LogP contribution in [0.3, 0.4) is 0 Å². The Morgan fingerprint density at radius 2 is 1.75 bits per heavy atom. The van der Waals surface area contributed by atoms with Gasteiger partial charge in [0.1, 0.15) is 5.70 Å². The van der Waals surface area contributed by atoms with Crippen molar-refractivity contribution in [3.63, 3.8) is 0 Å². The van der Waals surface area contributed by atoms with Gasteiger partial charge < -0.3 is 10.1 Å². The van der Waals surface area contributed by atoms with Crippen molar-refractivity contribution < 1.29 is 41.1 Å². The lowest BCUT2D eigenvalue weighted by atomic mass is 10.1. The number of carbonyl (C=O) groups excluding carboxylic acids is 3. The minimum Gasteiger partial charge on any atom is -0.461 e. The van der Waals surface area contributed by atoms with E-state index in [0.717, 1.165) is 0 Å². The average molecular weight is 303 g/mol. The molecule has 0 aliphatic heterocycles. The van der Waals surface area contributed by atoms with Crippen LogP contribution in [0.15, 0.2) is 11.8 Å². The topological polar surface area (TPSA) is 72.5 Å². The van der Waals surface area contributed by atoms with Gasteiger partial charge in [0.2, 0.25) is 12.2 Å². The maximum Gasteiger partial charge on any atom is 0.461 e. The molecule has 0 atom stereocenters. The molecule has 1 N–H and O–H groups in total. The van der Waals surface area contributed by atoms with E-state index in [1.54, 1.807) is 5.32 Å². The van der Waals surface area contributed by atoms with E-state index in [0.29, 0.717) is 6.08 Å². The summed E-state index contributed by atoms with van der Waals surface area (Å²) >= 11 is 0. The normalized spacial score (nSPS) is 12.8. The number of rotatable bonds is 7. The molecule has 0 spiro atoms. The molecule has 0 aromatic rings. The summed E-state index contributed by atoms with van der Waals surface area (Å²) in [6, 6.07) is 0. The van der Waals surface area contributed by atoms with Crippen molar-refractivity contribution >= 4 is 18.2 Å². The molecule has 0 radical (unpaired) electrons. The third-order valence-corrected chi connectivity index (χ3v) is 1.91. The molecule has 114 valence electrons. The number of esters is 1. The summed E-state index contributed by atoms with van der Waals surface area (Å²) in [5, 5.41) is 1.74. The lowest BCUT2D eigenvalue weighted by Crippen LogP contribution is -2.43. The summed E-state index contributed by atoms with van der Waals surface area (Å²) in [6.45, 7) is 1.28. The Morgan fingerprint density at radius 1 is 1.20 bits per heavy atom. The number of Topliss-reactive ketones (excluding diaryl/α,β-unsaturated/α-hetero) is 1. The average Bonchev–Trinajstić information content (AvgIpc) is 2.32. The van der Waals surface area contributed by atoms with Crippen LogP contribution in [0.1, 0.15) is 13.3 Å². The molecule has 0 unspecified atom stereocenters. The minimum absolute atomic E-state index is 0.0187. The van der Waals surface area contributed by atoms with E-state index in [-0.39, 0.29) is 13.0 Å². The Labute approximate surface area is 109 Å². The molecule has 0 aliphatic rings. The number of carbonyl (C=O) groups is 3.